The van der Waals surface area contributed by atoms with E-state index >= 15 is 0 Å². The minimum absolute atomic E-state index is 1.19. The van der Waals surface area contributed by atoms with E-state index in [4.69, 9.17) is 0 Å². The molecule has 0 unspecified atom stereocenters. The predicted molar refractivity (Wildman–Crippen MR) is 61.1 cm³/mol. The molecule has 0 saturated heterocycles. The summed E-state index contributed by atoms with van der Waals surface area (Å²) in [5.41, 5.74) is 2.66. The van der Waals surface area contributed by atoms with Crippen LogP contribution in [0.1, 0.15) is 11.1 Å². The number of fused-ring (bicyclic) bond motifs is 1. The van der Waals surface area contributed by atoms with E-state index in [1.54, 1.807) is 0 Å². The minimum Gasteiger partial charge on any atom is -0.0614 e. The normalized spacial score (nSPS) is 10.7. The summed E-state index contributed by atoms with van der Waals surface area (Å²) in [5, 5.41) is 2.69. The van der Waals surface area contributed by atoms with E-state index < -0.39 is 0 Å². The third-order valence-corrected chi connectivity index (χ3v) is 3.34. The molecule has 66 valence electrons. The van der Waals surface area contributed by atoms with E-state index in [0.717, 1.165) is 0 Å². The molecule has 0 nitrogen and oxygen atoms in total. The van der Waals surface area contributed by atoms with Crippen molar-refractivity contribution in [1.29, 1.82) is 0 Å². The molecular weight excluding hydrogens is 224 g/mol. The maximum Gasteiger partial charge on any atom is 0.0210 e. The van der Waals surface area contributed by atoms with E-state index in [1.807, 2.05) is 0 Å². The second-order valence-corrected chi connectivity index (χ2v) is 4.20. The highest BCUT2D eigenvalue weighted by molar-refractivity contribution is 9.10. The van der Waals surface area contributed by atoms with Crippen molar-refractivity contribution >= 4 is 26.7 Å². The van der Waals surface area contributed by atoms with Gasteiger partial charge in [-0.15, -0.1) is 0 Å². The number of benzene rings is 2. The highest BCUT2D eigenvalue weighted by Crippen LogP contribution is 2.27. The summed E-state index contributed by atoms with van der Waals surface area (Å²) < 4.78 is 1.19. The molecule has 0 spiro atoms. The maximum atomic E-state index is 3.54. The Balaban J connectivity index is 2.94. The van der Waals surface area contributed by atoms with Gasteiger partial charge in [-0.2, -0.15) is 0 Å². The van der Waals surface area contributed by atoms with Crippen LogP contribution >= 0.6 is 15.9 Å². The molecule has 0 heterocycles. The van der Waals surface area contributed by atoms with Gasteiger partial charge in [0.2, 0.25) is 0 Å². The Kier molecular flexibility index (Phi) is 2.12. The summed E-state index contributed by atoms with van der Waals surface area (Å²) in [6.45, 7) is 4.29. The Hall–Kier alpha value is -0.820. The average molecular weight is 235 g/mol. The highest BCUT2D eigenvalue weighted by Gasteiger charge is 2.01. The fourth-order valence-corrected chi connectivity index (χ4v) is 1.98. The fraction of sp³-hybridized carbons (Fsp3) is 0.167. The van der Waals surface area contributed by atoms with Gasteiger partial charge >= 0.3 is 0 Å². The first-order valence-corrected chi connectivity index (χ1v) is 5.14. The third-order valence-electron chi connectivity index (χ3n) is 2.48. The van der Waals surface area contributed by atoms with E-state index in [-0.39, 0.29) is 0 Å². The lowest BCUT2D eigenvalue weighted by Gasteiger charge is -2.06. The van der Waals surface area contributed by atoms with Crippen LogP contribution in [0.15, 0.2) is 34.8 Å². The molecule has 0 bridgehead atoms. The molecule has 2 aromatic carbocycles. The van der Waals surface area contributed by atoms with E-state index in [9.17, 15) is 0 Å². The van der Waals surface area contributed by atoms with Crippen molar-refractivity contribution in [2.45, 2.75) is 13.8 Å². The van der Waals surface area contributed by atoms with Crippen molar-refractivity contribution in [1.82, 2.24) is 0 Å². The minimum atomic E-state index is 1.19. The van der Waals surface area contributed by atoms with Crippen LogP contribution in [-0.2, 0) is 0 Å². The molecule has 13 heavy (non-hydrogen) atoms. The van der Waals surface area contributed by atoms with Crippen LogP contribution in [0.5, 0.6) is 0 Å². The van der Waals surface area contributed by atoms with E-state index in [0.29, 0.717) is 0 Å². The van der Waals surface area contributed by atoms with Crippen LogP contribution < -0.4 is 0 Å². The maximum absolute atomic E-state index is 3.54. The van der Waals surface area contributed by atoms with Crippen LogP contribution in [0.25, 0.3) is 10.8 Å². The monoisotopic (exact) mass is 234 g/mol. The molecule has 0 aliphatic carbocycles. The molecule has 0 aromatic heterocycles. The molecule has 0 aliphatic rings. The molecule has 0 fully saturated rings. The second kappa shape index (κ2) is 3.15. The smallest absolute Gasteiger partial charge is 0.0210 e. The van der Waals surface area contributed by atoms with Gasteiger partial charge in [-0.3, -0.25) is 0 Å². The van der Waals surface area contributed by atoms with E-state index in [2.05, 4.69) is 60.1 Å². The second-order valence-electron chi connectivity index (χ2n) is 3.34. The van der Waals surface area contributed by atoms with Gasteiger partial charge in [-0.1, -0.05) is 40.2 Å². The van der Waals surface area contributed by atoms with Crippen molar-refractivity contribution in [3.8, 4) is 0 Å². The number of hydrogen-bond donors (Lipinski definition) is 0. The van der Waals surface area contributed by atoms with Crippen molar-refractivity contribution in [2.75, 3.05) is 0 Å². The van der Waals surface area contributed by atoms with Gasteiger partial charge in [-0.25, -0.2) is 0 Å². The summed E-state index contributed by atoms with van der Waals surface area (Å²) >= 11 is 3.54. The first-order chi connectivity index (χ1) is 6.20. The zero-order valence-electron chi connectivity index (χ0n) is 7.76. The predicted octanol–water partition coefficient (Wildman–Crippen LogP) is 4.22. The van der Waals surface area contributed by atoms with Crippen LogP contribution in [0.4, 0.5) is 0 Å². The van der Waals surface area contributed by atoms with Crippen molar-refractivity contribution in [3.05, 3.63) is 45.9 Å². The molecule has 2 rings (SSSR count). The Labute approximate surface area is 86.7 Å². The molecule has 0 atom stereocenters. The first-order valence-electron chi connectivity index (χ1n) is 4.34. The van der Waals surface area contributed by atoms with Gasteiger partial charge < -0.3 is 0 Å². The van der Waals surface area contributed by atoms with Crippen LogP contribution in [0, 0.1) is 13.8 Å². The molecule has 2 aromatic rings. The molecule has 0 amide bonds. The van der Waals surface area contributed by atoms with Crippen molar-refractivity contribution < 1.29 is 0 Å². The summed E-state index contributed by atoms with van der Waals surface area (Å²) in [4.78, 5) is 0. The summed E-state index contributed by atoms with van der Waals surface area (Å²) in [6.07, 6.45) is 0. The fourth-order valence-electron chi connectivity index (χ4n) is 1.64. The van der Waals surface area contributed by atoms with Gasteiger partial charge in [-0.05, 0) is 41.8 Å². The third kappa shape index (κ3) is 1.37. The summed E-state index contributed by atoms with van der Waals surface area (Å²) in [6, 6.07) is 10.7. The lowest BCUT2D eigenvalue weighted by Crippen LogP contribution is -1.82. The number of hydrogen-bond acceptors (Lipinski definition) is 0. The van der Waals surface area contributed by atoms with Crippen molar-refractivity contribution in [3.63, 3.8) is 0 Å². The molecule has 1 heteroatoms. The lowest BCUT2D eigenvalue weighted by molar-refractivity contribution is 1.46. The molecular formula is C12H11Br. The van der Waals surface area contributed by atoms with Gasteiger partial charge in [0.15, 0.2) is 0 Å². The van der Waals surface area contributed by atoms with Gasteiger partial charge in [0.05, 0.1) is 0 Å². The summed E-state index contributed by atoms with van der Waals surface area (Å²) in [7, 11) is 0. The zero-order chi connectivity index (χ0) is 9.42. The lowest BCUT2D eigenvalue weighted by atomic mass is 10.0. The van der Waals surface area contributed by atoms with Gasteiger partial charge in [0.25, 0.3) is 0 Å². The highest BCUT2D eigenvalue weighted by atomic mass is 79.9. The largest absolute Gasteiger partial charge is 0.0614 e. The molecule has 0 N–H and O–H groups in total. The Bertz CT molecular complexity index is 458. The van der Waals surface area contributed by atoms with Gasteiger partial charge in [0, 0.05) is 4.47 Å². The average Bonchev–Trinajstić information content (AvgIpc) is 2.12. The molecule has 0 saturated carbocycles. The molecule has 0 radical (unpaired) electrons. The Morgan fingerprint density at radius 3 is 2.46 bits per heavy atom. The quantitative estimate of drug-likeness (QED) is 0.641. The number of aryl methyl sites for hydroxylation is 2. The Morgan fingerprint density at radius 1 is 0.923 bits per heavy atom. The number of rotatable bonds is 0. The first kappa shape index (κ1) is 8.76. The zero-order valence-corrected chi connectivity index (χ0v) is 9.35. The summed E-state index contributed by atoms with van der Waals surface area (Å²) in [5.74, 6) is 0. The van der Waals surface area contributed by atoms with E-state index in [1.165, 1.54) is 26.4 Å². The van der Waals surface area contributed by atoms with Crippen LogP contribution in [-0.4, -0.2) is 0 Å². The topological polar surface area (TPSA) is 0 Å². The SMILES string of the molecule is Cc1cccc2c(C)c(Br)ccc12. The number of halogens is 1. The van der Waals surface area contributed by atoms with Crippen LogP contribution in [0.2, 0.25) is 0 Å². The Morgan fingerprint density at radius 2 is 1.69 bits per heavy atom. The van der Waals surface area contributed by atoms with Crippen molar-refractivity contribution in [2.24, 2.45) is 0 Å². The van der Waals surface area contributed by atoms with Crippen LogP contribution in [0.3, 0.4) is 0 Å². The molecule has 0 aliphatic heterocycles. The standard InChI is InChI=1S/C12H11Br/c1-8-4-3-5-11-9(2)12(13)7-6-10(8)11/h3-7H,1-2H3. The van der Waals surface area contributed by atoms with Gasteiger partial charge in [0.1, 0.15) is 0 Å².